The number of rotatable bonds is 5. The maximum Gasteiger partial charge on any atom is 0.411 e. The summed E-state index contributed by atoms with van der Waals surface area (Å²) in [5.74, 6) is -3.78. The van der Waals surface area contributed by atoms with E-state index >= 15 is 0 Å². The van der Waals surface area contributed by atoms with Crippen molar-refractivity contribution in [3.63, 3.8) is 0 Å². The fraction of sp³-hybridized carbons (Fsp3) is 0.222. The topological polar surface area (TPSA) is 74.8 Å². The number of hydrogen-bond donors (Lipinski definition) is 0. The predicted molar refractivity (Wildman–Crippen MR) is 163 cm³/mol. The van der Waals surface area contributed by atoms with Crippen LogP contribution in [0, 0.1) is 6.92 Å². The Bertz CT molecular complexity index is 2120. The van der Waals surface area contributed by atoms with Crippen LogP contribution in [0.1, 0.15) is 76.2 Å². The van der Waals surface area contributed by atoms with Gasteiger partial charge in [0.2, 0.25) is 5.41 Å². The molecule has 4 aromatic carbocycles. The van der Waals surface area contributed by atoms with Crippen LogP contribution in [-0.2, 0) is 10.8 Å². The van der Waals surface area contributed by atoms with Gasteiger partial charge in [-0.1, -0.05) is 54.1 Å². The van der Waals surface area contributed by atoms with Crippen molar-refractivity contribution >= 4 is 29.3 Å². The van der Waals surface area contributed by atoms with Crippen molar-refractivity contribution in [2.45, 2.75) is 43.2 Å². The second-order valence-corrected chi connectivity index (χ2v) is 12.4. The van der Waals surface area contributed by atoms with Crippen LogP contribution < -0.4 is 4.90 Å². The van der Waals surface area contributed by atoms with Crippen LogP contribution in [0.5, 0.6) is 0 Å². The quantitative estimate of drug-likeness (QED) is 0.154. The SMILES string of the molecule is Cc1ccc(C(c2ccc(N3C(=O)c4ccc([C@](C)(c5ccc6c(c5)C(=O)N(C)C6=O)C(F)(F)F)cc4C3=O)cc2)(C(F)(F)F)C(F)(F)F)cc1. The molecule has 6 rings (SSSR count). The molecule has 0 fully saturated rings. The van der Waals surface area contributed by atoms with Gasteiger partial charge in [-0.15, -0.1) is 0 Å². The number of hydrogen-bond acceptors (Lipinski definition) is 4. The summed E-state index contributed by atoms with van der Waals surface area (Å²) in [6.45, 7) is 2.26. The molecule has 0 saturated heterocycles. The minimum Gasteiger partial charge on any atom is -0.277 e. The highest BCUT2D eigenvalue weighted by molar-refractivity contribution is 6.34. The molecule has 4 amide bonds. The zero-order valence-electron chi connectivity index (χ0n) is 26.5. The summed E-state index contributed by atoms with van der Waals surface area (Å²) in [5, 5.41) is 0. The van der Waals surface area contributed by atoms with Crippen LogP contribution in [0.3, 0.4) is 0 Å². The first-order valence-corrected chi connectivity index (χ1v) is 15.0. The largest absolute Gasteiger partial charge is 0.411 e. The smallest absolute Gasteiger partial charge is 0.277 e. The molecule has 1 atom stereocenters. The van der Waals surface area contributed by atoms with Gasteiger partial charge in [-0.2, -0.15) is 39.5 Å². The number of anilines is 1. The maximum atomic E-state index is 14.9. The number of fused-ring (bicyclic) bond motifs is 2. The molecule has 51 heavy (non-hydrogen) atoms. The Kier molecular flexibility index (Phi) is 7.81. The molecular formula is C36H23F9N2O4. The normalized spacial score (nSPS) is 16.5. The van der Waals surface area contributed by atoms with Gasteiger partial charge in [0.15, 0.2) is 0 Å². The van der Waals surface area contributed by atoms with E-state index in [0.717, 1.165) is 72.5 Å². The van der Waals surface area contributed by atoms with Crippen molar-refractivity contribution < 1.29 is 58.7 Å². The van der Waals surface area contributed by atoms with E-state index < -0.39 is 86.5 Å². The first-order chi connectivity index (χ1) is 23.6. The lowest BCUT2D eigenvalue weighted by Crippen LogP contribution is -2.54. The predicted octanol–water partition coefficient (Wildman–Crippen LogP) is 8.30. The number of carbonyl (C=O) groups is 4. The van der Waals surface area contributed by atoms with Gasteiger partial charge >= 0.3 is 18.5 Å². The molecule has 15 heteroatoms. The summed E-state index contributed by atoms with van der Waals surface area (Å²) >= 11 is 0. The lowest BCUT2D eigenvalue weighted by atomic mass is 9.72. The van der Waals surface area contributed by atoms with Crippen LogP contribution in [-0.4, -0.2) is 54.1 Å². The van der Waals surface area contributed by atoms with Gasteiger partial charge in [0.25, 0.3) is 23.6 Å². The first kappa shape index (κ1) is 35.4. The number of nitrogens with zero attached hydrogens (tertiary/aromatic N) is 2. The van der Waals surface area contributed by atoms with E-state index in [1.165, 1.54) is 14.0 Å². The lowest BCUT2D eigenvalue weighted by Gasteiger charge is -2.38. The van der Waals surface area contributed by atoms with Gasteiger partial charge in [0.1, 0.15) is 5.41 Å². The van der Waals surface area contributed by atoms with Crippen molar-refractivity contribution in [3.8, 4) is 0 Å². The number of benzene rings is 4. The van der Waals surface area contributed by atoms with Gasteiger partial charge in [0, 0.05) is 7.05 Å². The average Bonchev–Trinajstić information content (AvgIpc) is 3.43. The Morgan fingerprint density at radius 1 is 0.471 bits per heavy atom. The zero-order valence-corrected chi connectivity index (χ0v) is 26.5. The number of aryl methyl sites for hydroxylation is 1. The summed E-state index contributed by atoms with van der Waals surface area (Å²) < 4.78 is 132. The molecule has 0 N–H and O–H groups in total. The number of imide groups is 2. The van der Waals surface area contributed by atoms with E-state index in [9.17, 15) is 58.7 Å². The van der Waals surface area contributed by atoms with Crippen LogP contribution >= 0.6 is 0 Å². The minimum absolute atomic E-state index is 0.103. The highest BCUT2D eigenvalue weighted by atomic mass is 19.4. The molecule has 4 aromatic rings. The fourth-order valence-electron chi connectivity index (χ4n) is 6.60. The monoisotopic (exact) mass is 718 g/mol. The van der Waals surface area contributed by atoms with Crippen molar-refractivity contribution in [2.75, 3.05) is 11.9 Å². The van der Waals surface area contributed by atoms with E-state index in [1.807, 2.05) is 0 Å². The van der Waals surface area contributed by atoms with E-state index in [2.05, 4.69) is 0 Å². The molecule has 0 unspecified atom stereocenters. The highest BCUT2D eigenvalue weighted by Crippen LogP contribution is 2.56. The molecule has 0 radical (unpaired) electrons. The summed E-state index contributed by atoms with van der Waals surface area (Å²) in [7, 11) is 1.17. The van der Waals surface area contributed by atoms with E-state index in [1.54, 1.807) is 0 Å². The third-order valence-corrected chi connectivity index (χ3v) is 9.59. The van der Waals surface area contributed by atoms with Crippen molar-refractivity contribution in [3.05, 3.63) is 135 Å². The second-order valence-electron chi connectivity index (χ2n) is 12.4. The van der Waals surface area contributed by atoms with Crippen LogP contribution in [0.2, 0.25) is 0 Å². The molecule has 6 nitrogen and oxygen atoms in total. The third-order valence-electron chi connectivity index (χ3n) is 9.59. The number of carbonyl (C=O) groups excluding carboxylic acids is 4. The molecule has 264 valence electrons. The fourth-order valence-corrected chi connectivity index (χ4v) is 6.60. The second kappa shape index (κ2) is 11.3. The number of alkyl halides is 9. The average molecular weight is 719 g/mol. The van der Waals surface area contributed by atoms with Gasteiger partial charge in [-0.25, -0.2) is 4.90 Å². The van der Waals surface area contributed by atoms with Crippen molar-refractivity contribution in [1.29, 1.82) is 0 Å². The number of halogens is 9. The summed E-state index contributed by atoms with van der Waals surface area (Å²) in [6, 6.07) is 11.8. The van der Waals surface area contributed by atoms with Crippen molar-refractivity contribution in [2.24, 2.45) is 0 Å². The van der Waals surface area contributed by atoms with Gasteiger partial charge in [-0.3, -0.25) is 24.1 Å². The molecule has 0 saturated carbocycles. The van der Waals surface area contributed by atoms with Gasteiger partial charge in [0.05, 0.1) is 27.9 Å². The molecular weight excluding hydrogens is 695 g/mol. The van der Waals surface area contributed by atoms with Crippen LogP contribution in [0.4, 0.5) is 45.2 Å². The van der Waals surface area contributed by atoms with Gasteiger partial charge < -0.3 is 0 Å². The molecule has 2 heterocycles. The van der Waals surface area contributed by atoms with E-state index in [-0.39, 0.29) is 16.7 Å². The van der Waals surface area contributed by atoms with Gasteiger partial charge in [-0.05, 0) is 72.5 Å². The summed E-state index contributed by atoms with van der Waals surface area (Å²) in [5.41, 5.74) is -12.0. The van der Waals surface area contributed by atoms with Crippen LogP contribution in [0.15, 0.2) is 84.9 Å². The highest BCUT2D eigenvalue weighted by Gasteiger charge is 2.72. The molecule has 0 aliphatic carbocycles. The Labute approximate surface area is 283 Å². The maximum absolute atomic E-state index is 14.9. The Balaban J connectivity index is 1.41. The molecule has 0 aromatic heterocycles. The summed E-state index contributed by atoms with van der Waals surface area (Å²) in [4.78, 5) is 53.0. The Morgan fingerprint density at radius 3 is 1.29 bits per heavy atom. The number of amides is 4. The lowest BCUT2D eigenvalue weighted by molar-refractivity contribution is -0.288. The summed E-state index contributed by atoms with van der Waals surface area (Å²) in [6.07, 6.45) is -16.8. The molecule has 2 aliphatic heterocycles. The Morgan fingerprint density at radius 2 is 0.843 bits per heavy atom. The van der Waals surface area contributed by atoms with Crippen LogP contribution in [0.25, 0.3) is 0 Å². The standard InChI is InChI=1S/C36H23F9N2O4/c1-18-4-6-19(7-5-18)33(35(40,41)42,36(43,44)45)20-8-12-23(13-9-20)47-30(50)25-15-11-22(17-27(25)31(47)51)32(2,34(37,38)39)21-10-14-24-26(16-21)29(49)46(3)28(24)48/h4-17H,1-3H3/t32-/m0/s1. The molecule has 0 bridgehead atoms. The molecule has 0 spiro atoms. The van der Waals surface area contributed by atoms with E-state index in [0.29, 0.717) is 34.7 Å². The third kappa shape index (κ3) is 4.95. The van der Waals surface area contributed by atoms with E-state index in [4.69, 9.17) is 0 Å². The Hall–Kier alpha value is -5.47. The minimum atomic E-state index is -5.89. The zero-order chi connectivity index (χ0) is 37.6. The first-order valence-electron chi connectivity index (χ1n) is 15.0. The van der Waals surface area contributed by atoms with Crippen molar-refractivity contribution in [1.82, 2.24) is 4.90 Å². The molecule has 2 aliphatic rings.